The number of fused-ring (bicyclic) bond motifs is 1. The summed E-state index contributed by atoms with van der Waals surface area (Å²) in [6.07, 6.45) is 2.65. The maximum Gasteiger partial charge on any atom is 0.224 e. The second-order valence-electron chi connectivity index (χ2n) is 5.15. The van der Waals surface area contributed by atoms with Crippen molar-refractivity contribution in [3.63, 3.8) is 0 Å². The van der Waals surface area contributed by atoms with E-state index in [0.29, 0.717) is 12.5 Å². The van der Waals surface area contributed by atoms with Crippen molar-refractivity contribution in [3.05, 3.63) is 23.8 Å². The SMILES string of the molecule is CN(c1ccc2c(c1)CCC(=O)N2)C1CCNC1. The van der Waals surface area contributed by atoms with Crippen LogP contribution in [0.4, 0.5) is 11.4 Å². The molecule has 1 atom stereocenters. The summed E-state index contributed by atoms with van der Waals surface area (Å²) in [5.41, 5.74) is 3.48. The lowest BCUT2D eigenvalue weighted by Gasteiger charge is -2.27. The number of nitrogens with one attached hydrogen (secondary N) is 2. The molecule has 1 fully saturated rings. The van der Waals surface area contributed by atoms with Crippen molar-refractivity contribution in [1.82, 2.24) is 5.32 Å². The Morgan fingerprint density at radius 1 is 1.33 bits per heavy atom. The number of carbonyl (C=O) groups is 1. The summed E-state index contributed by atoms with van der Waals surface area (Å²) < 4.78 is 0. The monoisotopic (exact) mass is 245 g/mol. The molecule has 0 aromatic heterocycles. The number of benzene rings is 1. The lowest BCUT2D eigenvalue weighted by atomic mass is 10.0. The number of anilines is 2. The lowest BCUT2D eigenvalue weighted by Crippen LogP contribution is -2.33. The molecule has 1 amide bonds. The number of hydrogen-bond acceptors (Lipinski definition) is 3. The van der Waals surface area contributed by atoms with Crippen LogP contribution in [0.15, 0.2) is 18.2 Å². The van der Waals surface area contributed by atoms with Gasteiger partial charge in [-0.05, 0) is 43.1 Å². The van der Waals surface area contributed by atoms with Crippen LogP contribution in [0.2, 0.25) is 0 Å². The number of nitrogens with zero attached hydrogens (tertiary/aromatic N) is 1. The van der Waals surface area contributed by atoms with Crippen LogP contribution in [0.25, 0.3) is 0 Å². The van der Waals surface area contributed by atoms with E-state index in [0.717, 1.165) is 25.2 Å². The zero-order valence-corrected chi connectivity index (χ0v) is 10.7. The Bertz CT molecular complexity index is 466. The Morgan fingerprint density at radius 2 is 2.22 bits per heavy atom. The van der Waals surface area contributed by atoms with E-state index in [1.807, 2.05) is 6.07 Å². The highest BCUT2D eigenvalue weighted by atomic mass is 16.1. The Morgan fingerprint density at radius 3 is 3.00 bits per heavy atom. The number of rotatable bonds is 2. The van der Waals surface area contributed by atoms with Gasteiger partial charge in [0.25, 0.3) is 0 Å². The zero-order valence-electron chi connectivity index (χ0n) is 10.7. The fourth-order valence-corrected chi connectivity index (χ4v) is 2.77. The van der Waals surface area contributed by atoms with Gasteiger partial charge >= 0.3 is 0 Å². The molecule has 18 heavy (non-hydrogen) atoms. The van der Waals surface area contributed by atoms with Crippen LogP contribution in [-0.4, -0.2) is 32.1 Å². The molecule has 0 radical (unpaired) electrons. The number of likely N-dealkylation sites (N-methyl/N-ethyl adjacent to an activating group) is 1. The van der Waals surface area contributed by atoms with Crippen LogP contribution >= 0.6 is 0 Å². The second-order valence-corrected chi connectivity index (χ2v) is 5.15. The summed E-state index contributed by atoms with van der Waals surface area (Å²) >= 11 is 0. The molecule has 1 aromatic rings. The molecular formula is C14H19N3O. The first-order chi connectivity index (χ1) is 8.74. The molecule has 0 spiro atoms. The summed E-state index contributed by atoms with van der Waals surface area (Å²) in [4.78, 5) is 13.7. The summed E-state index contributed by atoms with van der Waals surface area (Å²) in [5, 5.41) is 6.32. The Hall–Kier alpha value is -1.55. The summed E-state index contributed by atoms with van der Waals surface area (Å²) in [6.45, 7) is 2.17. The highest BCUT2D eigenvalue weighted by molar-refractivity contribution is 5.94. The molecule has 4 nitrogen and oxygen atoms in total. The van der Waals surface area contributed by atoms with E-state index in [4.69, 9.17) is 0 Å². The van der Waals surface area contributed by atoms with Crippen LogP contribution in [0.3, 0.4) is 0 Å². The van der Waals surface area contributed by atoms with Gasteiger partial charge in [-0.25, -0.2) is 0 Å². The average molecular weight is 245 g/mol. The van der Waals surface area contributed by atoms with Gasteiger partial charge in [-0.1, -0.05) is 0 Å². The van der Waals surface area contributed by atoms with Crippen LogP contribution in [0, 0.1) is 0 Å². The van der Waals surface area contributed by atoms with Gasteiger partial charge in [-0.15, -0.1) is 0 Å². The first-order valence-electron chi connectivity index (χ1n) is 6.60. The molecule has 2 aliphatic rings. The molecule has 1 saturated heterocycles. The number of amides is 1. The van der Waals surface area contributed by atoms with Crippen LogP contribution in [-0.2, 0) is 11.2 Å². The first-order valence-corrected chi connectivity index (χ1v) is 6.60. The summed E-state index contributed by atoms with van der Waals surface area (Å²) in [7, 11) is 2.15. The van der Waals surface area contributed by atoms with E-state index in [1.165, 1.54) is 17.7 Å². The molecule has 96 valence electrons. The third-order valence-electron chi connectivity index (χ3n) is 3.97. The fourth-order valence-electron chi connectivity index (χ4n) is 2.77. The second kappa shape index (κ2) is 4.61. The lowest BCUT2D eigenvalue weighted by molar-refractivity contribution is -0.116. The molecular weight excluding hydrogens is 226 g/mol. The predicted molar refractivity (Wildman–Crippen MR) is 73.1 cm³/mol. The highest BCUT2D eigenvalue weighted by Crippen LogP contribution is 2.28. The van der Waals surface area contributed by atoms with Crippen molar-refractivity contribution in [2.24, 2.45) is 0 Å². The number of carbonyl (C=O) groups excluding carboxylic acids is 1. The minimum absolute atomic E-state index is 0.128. The Labute approximate surface area is 107 Å². The third-order valence-corrected chi connectivity index (χ3v) is 3.97. The summed E-state index contributed by atoms with van der Waals surface area (Å²) in [5.74, 6) is 0.128. The van der Waals surface area contributed by atoms with Gasteiger partial charge in [-0.2, -0.15) is 0 Å². The predicted octanol–water partition coefficient (Wildman–Crippen LogP) is 1.37. The Balaban J connectivity index is 1.83. The van der Waals surface area contributed by atoms with E-state index in [2.05, 4.69) is 34.7 Å². The molecule has 2 aliphatic heterocycles. The van der Waals surface area contributed by atoms with Crippen LogP contribution in [0.5, 0.6) is 0 Å². The van der Waals surface area contributed by atoms with Gasteiger partial charge in [0.1, 0.15) is 0 Å². The normalized spacial score (nSPS) is 22.5. The van der Waals surface area contributed by atoms with E-state index < -0.39 is 0 Å². The Kier molecular flexibility index (Phi) is 2.96. The third kappa shape index (κ3) is 2.08. The van der Waals surface area contributed by atoms with Gasteiger partial charge < -0.3 is 15.5 Å². The highest BCUT2D eigenvalue weighted by Gasteiger charge is 2.21. The maximum atomic E-state index is 11.3. The van der Waals surface area contributed by atoms with E-state index in [1.54, 1.807) is 0 Å². The van der Waals surface area contributed by atoms with Crippen molar-refractivity contribution in [1.29, 1.82) is 0 Å². The smallest absolute Gasteiger partial charge is 0.224 e. The number of aryl methyl sites for hydroxylation is 1. The van der Waals surface area contributed by atoms with E-state index in [-0.39, 0.29) is 5.91 Å². The van der Waals surface area contributed by atoms with Gasteiger partial charge in [0, 0.05) is 37.4 Å². The van der Waals surface area contributed by atoms with Crippen molar-refractivity contribution >= 4 is 17.3 Å². The minimum atomic E-state index is 0.128. The van der Waals surface area contributed by atoms with E-state index >= 15 is 0 Å². The van der Waals surface area contributed by atoms with E-state index in [9.17, 15) is 4.79 Å². The fraction of sp³-hybridized carbons (Fsp3) is 0.500. The molecule has 0 bridgehead atoms. The maximum absolute atomic E-state index is 11.3. The van der Waals surface area contributed by atoms with Crippen molar-refractivity contribution in [3.8, 4) is 0 Å². The molecule has 1 unspecified atom stereocenters. The molecule has 0 aliphatic carbocycles. The summed E-state index contributed by atoms with van der Waals surface area (Å²) in [6, 6.07) is 6.93. The van der Waals surface area contributed by atoms with Gasteiger partial charge in [-0.3, -0.25) is 4.79 Å². The molecule has 1 aromatic carbocycles. The molecule has 0 saturated carbocycles. The van der Waals surface area contributed by atoms with Crippen LogP contribution < -0.4 is 15.5 Å². The van der Waals surface area contributed by atoms with Crippen molar-refractivity contribution in [2.75, 3.05) is 30.4 Å². The van der Waals surface area contributed by atoms with Gasteiger partial charge in [0.2, 0.25) is 5.91 Å². The molecule has 2 heterocycles. The number of hydrogen-bond donors (Lipinski definition) is 2. The van der Waals surface area contributed by atoms with Crippen molar-refractivity contribution in [2.45, 2.75) is 25.3 Å². The minimum Gasteiger partial charge on any atom is -0.370 e. The molecule has 4 heteroatoms. The first kappa shape index (κ1) is 11.5. The molecule has 2 N–H and O–H groups in total. The van der Waals surface area contributed by atoms with Crippen molar-refractivity contribution < 1.29 is 4.79 Å². The quantitative estimate of drug-likeness (QED) is 0.827. The topological polar surface area (TPSA) is 44.4 Å². The zero-order chi connectivity index (χ0) is 12.5. The standard InChI is InChI=1S/C14H19N3O/c1-17(12-6-7-15-9-12)11-3-4-13-10(8-11)2-5-14(18)16-13/h3-4,8,12,15H,2,5-7,9H2,1H3,(H,16,18). The average Bonchev–Trinajstić information content (AvgIpc) is 2.91. The van der Waals surface area contributed by atoms with Crippen LogP contribution in [0.1, 0.15) is 18.4 Å². The largest absolute Gasteiger partial charge is 0.370 e. The van der Waals surface area contributed by atoms with Gasteiger partial charge in [0.15, 0.2) is 0 Å². The van der Waals surface area contributed by atoms with Gasteiger partial charge in [0.05, 0.1) is 0 Å². The molecule has 3 rings (SSSR count).